The second kappa shape index (κ2) is 5.96. The van der Waals surface area contributed by atoms with Gasteiger partial charge in [-0.05, 0) is 24.2 Å². The highest BCUT2D eigenvalue weighted by atomic mass is 14.3. The summed E-state index contributed by atoms with van der Waals surface area (Å²) >= 11 is 0. The highest BCUT2D eigenvalue weighted by molar-refractivity contribution is 6.11. The van der Waals surface area contributed by atoms with Crippen LogP contribution in [0.25, 0.3) is 0 Å². The Morgan fingerprint density at radius 2 is 1.33 bits per heavy atom. The van der Waals surface area contributed by atoms with Gasteiger partial charge >= 0.3 is 0 Å². The SMILES string of the molecule is [B]C1CCCCCC(C(C)(C)C)CCC1. The lowest BCUT2D eigenvalue weighted by molar-refractivity contribution is 0.198. The van der Waals surface area contributed by atoms with Crippen molar-refractivity contribution in [3.63, 3.8) is 0 Å². The van der Waals surface area contributed by atoms with Gasteiger partial charge in [0.05, 0.1) is 7.85 Å². The lowest BCUT2D eigenvalue weighted by Gasteiger charge is -2.32. The van der Waals surface area contributed by atoms with E-state index in [2.05, 4.69) is 20.8 Å². The quantitative estimate of drug-likeness (QED) is 0.502. The molecule has 1 aliphatic carbocycles. The molecule has 0 N–H and O–H groups in total. The molecule has 0 spiro atoms. The first kappa shape index (κ1) is 13.1. The van der Waals surface area contributed by atoms with E-state index in [0.29, 0.717) is 11.2 Å². The second-order valence-corrected chi connectivity index (χ2v) is 6.39. The smallest absolute Gasteiger partial charge is 0.0699 e. The second-order valence-electron chi connectivity index (χ2n) is 6.39. The fourth-order valence-corrected chi connectivity index (χ4v) is 2.76. The van der Waals surface area contributed by atoms with Gasteiger partial charge in [-0.1, -0.05) is 65.1 Å². The molecular formula is C14H27B. The molecule has 1 heteroatoms. The van der Waals surface area contributed by atoms with Crippen molar-refractivity contribution in [2.75, 3.05) is 0 Å². The zero-order valence-corrected chi connectivity index (χ0v) is 10.9. The zero-order valence-electron chi connectivity index (χ0n) is 10.9. The Morgan fingerprint density at radius 1 is 0.800 bits per heavy atom. The predicted molar refractivity (Wildman–Crippen MR) is 69.4 cm³/mol. The Labute approximate surface area is 97.6 Å². The Kier molecular flexibility index (Phi) is 5.22. The summed E-state index contributed by atoms with van der Waals surface area (Å²) in [4.78, 5) is 0. The Balaban J connectivity index is 2.44. The molecule has 1 aliphatic rings. The standard InChI is InChI=1S/C14H27B/c1-14(2,3)12-8-5-4-6-10-13(15)11-7-9-12/h12-13H,4-11H2,1-3H3. The van der Waals surface area contributed by atoms with Gasteiger partial charge in [-0.15, -0.1) is 0 Å². The fraction of sp³-hybridized carbons (Fsp3) is 1.00. The topological polar surface area (TPSA) is 0 Å². The first-order chi connectivity index (χ1) is 7.00. The van der Waals surface area contributed by atoms with Crippen LogP contribution < -0.4 is 0 Å². The third-order valence-electron chi connectivity index (χ3n) is 3.98. The van der Waals surface area contributed by atoms with Crippen molar-refractivity contribution in [1.82, 2.24) is 0 Å². The molecule has 0 aromatic carbocycles. The van der Waals surface area contributed by atoms with E-state index in [-0.39, 0.29) is 0 Å². The summed E-state index contributed by atoms with van der Waals surface area (Å²) in [6.45, 7) is 7.18. The summed E-state index contributed by atoms with van der Waals surface area (Å²) in [7, 11) is 6.08. The Bertz CT molecular complexity index is 169. The van der Waals surface area contributed by atoms with E-state index in [4.69, 9.17) is 7.85 Å². The maximum atomic E-state index is 6.08. The summed E-state index contributed by atoms with van der Waals surface area (Å²) in [5.41, 5.74) is 0.489. The van der Waals surface area contributed by atoms with Crippen LogP contribution in [0.2, 0.25) is 5.82 Å². The molecule has 2 atom stereocenters. The van der Waals surface area contributed by atoms with Crippen LogP contribution in [0.4, 0.5) is 0 Å². The molecule has 2 unspecified atom stereocenters. The van der Waals surface area contributed by atoms with Crippen LogP contribution >= 0.6 is 0 Å². The molecule has 1 fully saturated rings. The molecule has 0 aliphatic heterocycles. The van der Waals surface area contributed by atoms with Gasteiger partial charge in [0.1, 0.15) is 0 Å². The summed E-state index contributed by atoms with van der Waals surface area (Å²) in [5.74, 6) is 1.38. The van der Waals surface area contributed by atoms with Crippen LogP contribution in [0.3, 0.4) is 0 Å². The van der Waals surface area contributed by atoms with Crippen LogP contribution in [0, 0.1) is 11.3 Å². The van der Waals surface area contributed by atoms with E-state index in [1.54, 1.807) is 0 Å². The van der Waals surface area contributed by atoms with E-state index in [9.17, 15) is 0 Å². The van der Waals surface area contributed by atoms with Crippen LogP contribution in [0.15, 0.2) is 0 Å². The van der Waals surface area contributed by atoms with Gasteiger partial charge < -0.3 is 0 Å². The molecule has 86 valence electrons. The van der Waals surface area contributed by atoms with E-state index >= 15 is 0 Å². The van der Waals surface area contributed by atoms with Crippen LogP contribution in [-0.4, -0.2) is 7.85 Å². The van der Waals surface area contributed by atoms with Crippen LogP contribution in [0.1, 0.15) is 72.1 Å². The molecule has 0 amide bonds. The largest absolute Gasteiger partial charge is 0.0774 e. The summed E-state index contributed by atoms with van der Waals surface area (Å²) < 4.78 is 0. The van der Waals surface area contributed by atoms with Gasteiger partial charge in [0.15, 0.2) is 0 Å². The molecule has 0 bridgehead atoms. The van der Waals surface area contributed by atoms with Crippen molar-refractivity contribution < 1.29 is 0 Å². The summed E-state index contributed by atoms with van der Waals surface area (Å²) in [5, 5.41) is 0. The van der Waals surface area contributed by atoms with Crippen molar-refractivity contribution in [2.45, 2.75) is 78.0 Å². The molecule has 0 nitrogen and oxygen atoms in total. The van der Waals surface area contributed by atoms with Crippen LogP contribution in [0.5, 0.6) is 0 Å². The van der Waals surface area contributed by atoms with Gasteiger partial charge in [-0.2, -0.15) is 0 Å². The molecule has 2 radical (unpaired) electrons. The maximum absolute atomic E-state index is 6.08. The number of hydrogen-bond donors (Lipinski definition) is 0. The fourth-order valence-electron chi connectivity index (χ4n) is 2.76. The lowest BCUT2D eigenvalue weighted by Crippen LogP contribution is -2.21. The number of rotatable bonds is 0. The van der Waals surface area contributed by atoms with Crippen molar-refractivity contribution >= 4 is 7.85 Å². The predicted octanol–water partition coefficient (Wildman–Crippen LogP) is 4.74. The molecule has 1 rings (SSSR count). The first-order valence-corrected chi connectivity index (χ1v) is 6.76. The highest BCUT2D eigenvalue weighted by Crippen LogP contribution is 2.36. The summed E-state index contributed by atoms with van der Waals surface area (Å²) in [6.07, 6.45) is 10.8. The van der Waals surface area contributed by atoms with E-state index in [1.807, 2.05) is 0 Å². The van der Waals surface area contributed by atoms with Gasteiger partial charge in [0, 0.05) is 0 Å². The molecule has 0 heterocycles. The van der Waals surface area contributed by atoms with Gasteiger partial charge in [0.25, 0.3) is 0 Å². The van der Waals surface area contributed by atoms with Crippen molar-refractivity contribution in [1.29, 1.82) is 0 Å². The normalized spacial score (nSPS) is 31.1. The third-order valence-corrected chi connectivity index (χ3v) is 3.98. The average Bonchev–Trinajstić information content (AvgIpc) is 2.13. The van der Waals surface area contributed by atoms with Gasteiger partial charge in [-0.25, -0.2) is 0 Å². The Hall–Kier alpha value is 0.0649. The van der Waals surface area contributed by atoms with Crippen molar-refractivity contribution in [3.05, 3.63) is 0 Å². The average molecular weight is 206 g/mol. The van der Waals surface area contributed by atoms with E-state index in [1.165, 1.54) is 51.4 Å². The monoisotopic (exact) mass is 206 g/mol. The molecule has 0 aromatic heterocycles. The van der Waals surface area contributed by atoms with Crippen LogP contribution in [-0.2, 0) is 0 Å². The third kappa shape index (κ3) is 5.09. The molecule has 1 saturated carbocycles. The van der Waals surface area contributed by atoms with Crippen molar-refractivity contribution in [3.8, 4) is 0 Å². The Morgan fingerprint density at radius 3 is 2.00 bits per heavy atom. The van der Waals surface area contributed by atoms with Crippen molar-refractivity contribution in [2.24, 2.45) is 11.3 Å². The molecule has 0 aromatic rings. The zero-order chi connectivity index (χ0) is 11.3. The molecule has 15 heavy (non-hydrogen) atoms. The van der Waals surface area contributed by atoms with Gasteiger partial charge in [0.2, 0.25) is 0 Å². The maximum Gasteiger partial charge on any atom is 0.0699 e. The highest BCUT2D eigenvalue weighted by Gasteiger charge is 2.24. The number of hydrogen-bond acceptors (Lipinski definition) is 0. The lowest BCUT2D eigenvalue weighted by atomic mass is 9.72. The summed E-state index contributed by atoms with van der Waals surface area (Å²) in [6, 6.07) is 0. The minimum absolute atomic E-state index is 0.476. The molecular weight excluding hydrogens is 179 g/mol. The minimum Gasteiger partial charge on any atom is -0.0774 e. The minimum atomic E-state index is 0.476. The van der Waals surface area contributed by atoms with E-state index < -0.39 is 0 Å². The van der Waals surface area contributed by atoms with Gasteiger partial charge in [-0.3, -0.25) is 0 Å². The molecule has 0 saturated heterocycles. The van der Waals surface area contributed by atoms with E-state index in [0.717, 1.165) is 5.92 Å². The first-order valence-electron chi connectivity index (χ1n) is 6.76.